The molecule has 0 aliphatic heterocycles. The van der Waals surface area contributed by atoms with Crippen LogP contribution in [0, 0.1) is 0 Å². The van der Waals surface area contributed by atoms with Gasteiger partial charge in [0.2, 0.25) is 0 Å². The highest BCUT2D eigenvalue weighted by molar-refractivity contribution is 7.90. The molecule has 1 atom stereocenters. The molecule has 0 spiro atoms. The average Bonchev–Trinajstić information content (AvgIpc) is 2.47. The number of benzene rings is 1. The first-order valence-electron chi connectivity index (χ1n) is 6.49. The van der Waals surface area contributed by atoms with Crippen molar-refractivity contribution in [2.45, 2.75) is 17.9 Å². The molecule has 0 radical (unpaired) electrons. The normalized spacial score (nSPS) is 12.7. The van der Waals surface area contributed by atoms with Gasteiger partial charge in [-0.3, -0.25) is 9.78 Å². The highest BCUT2D eigenvalue weighted by atomic mass is 35.5. The summed E-state index contributed by atoms with van der Waals surface area (Å²) in [5, 5.41) is 2.99. The van der Waals surface area contributed by atoms with Gasteiger partial charge in [-0.25, -0.2) is 8.42 Å². The zero-order valence-corrected chi connectivity index (χ0v) is 13.6. The van der Waals surface area contributed by atoms with Crippen molar-refractivity contribution >= 4 is 27.3 Å². The van der Waals surface area contributed by atoms with Gasteiger partial charge in [-0.1, -0.05) is 11.6 Å². The lowest BCUT2D eigenvalue weighted by Gasteiger charge is -2.15. The molecule has 2 rings (SSSR count). The van der Waals surface area contributed by atoms with Crippen LogP contribution < -0.4 is 5.32 Å². The van der Waals surface area contributed by atoms with E-state index in [0.29, 0.717) is 0 Å². The van der Waals surface area contributed by atoms with Gasteiger partial charge in [0, 0.05) is 18.6 Å². The summed E-state index contributed by atoms with van der Waals surface area (Å²) in [6.07, 6.45) is 4.35. The van der Waals surface area contributed by atoms with Gasteiger partial charge in [0.15, 0.2) is 9.84 Å². The number of halogens is 1. The van der Waals surface area contributed by atoms with Gasteiger partial charge in [-0.2, -0.15) is 0 Å². The number of amides is 1. The Kier molecular flexibility index (Phi) is 4.83. The van der Waals surface area contributed by atoms with Crippen LogP contribution in [0.15, 0.2) is 47.6 Å². The Hall–Kier alpha value is -1.92. The summed E-state index contributed by atoms with van der Waals surface area (Å²) in [5.74, 6) is -0.431. The molecule has 5 nitrogen and oxygen atoms in total. The van der Waals surface area contributed by atoms with E-state index < -0.39 is 15.7 Å². The number of aromatic nitrogens is 1. The van der Waals surface area contributed by atoms with E-state index in [1.807, 2.05) is 6.92 Å². The van der Waals surface area contributed by atoms with Crippen LogP contribution in [0.3, 0.4) is 0 Å². The van der Waals surface area contributed by atoms with Crippen molar-refractivity contribution < 1.29 is 13.2 Å². The minimum Gasteiger partial charge on any atom is -0.345 e. The van der Waals surface area contributed by atoms with Crippen LogP contribution in [0.25, 0.3) is 0 Å². The Morgan fingerprint density at radius 1 is 1.23 bits per heavy atom. The first-order valence-corrected chi connectivity index (χ1v) is 8.76. The number of hydrogen-bond acceptors (Lipinski definition) is 4. The number of nitrogens with one attached hydrogen (secondary N) is 1. The SMILES string of the molecule is CC(NC(=O)c1cc(S(C)(=O)=O)ccc1Cl)c1ccncc1. The van der Waals surface area contributed by atoms with Crippen molar-refractivity contribution in [3.63, 3.8) is 0 Å². The predicted octanol–water partition coefficient (Wildman–Crippen LogP) is 2.63. The van der Waals surface area contributed by atoms with E-state index in [1.165, 1.54) is 18.2 Å². The zero-order valence-electron chi connectivity index (χ0n) is 12.1. The number of carbonyl (C=O) groups is 1. The Morgan fingerprint density at radius 2 is 1.86 bits per heavy atom. The Balaban J connectivity index is 2.26. The predicted molar refractivity (Wildman–Crippen MR) is 84.7 cm³/mol. The van der Waals surface area contributed by atoms with Crippen molar-refractivity contribution in [3.8, 4) is 0 Å². The van der Waals surface area contributed by atoms with Gasteiger partial charge in [0.1, 0.15) is 0 Å². The molecule has 1 aromatic heterocycles. The lowest BCUT2D eigenvalue weighted by atomic mass is 10.1. The molecule has 0 aliphatic carbocycles. The second kappa shape index (κ2) is 6.46. The Labute approximate surface area is 134 Å². The molecule has 1 amide bonds. The smallest absolute Gasteiger partial charge is 0.253 e. The van der Waals surface area contributed by atoms with E-state index in [0.717, 1.165) is 11.8 Å². The molecule has 0 bridgehead atoms. The monoisotopic (exact) mass is 338 g/mol. The van der Waals surface area contributed by atoms with Crippen LogP contribution in [-0.2, 0) is 9.84 Å². The highest BCUT2D eigenvalue weighted by Gasteiger charge is 2.17. The summed E-state index contributed by atoms with van der Waals surface area (Å²) in [5.41, 5.74) is 1.02. The maximum Gasteiger partial charge on any atom is 0.253 e. The molecule has 0 aliphatic rings. The van der Waals surface area contributed by atoms with E-state index >= 15 is 0 Å². The Morgan fingerprint density at radius 3 is 2.45 bits per heavy atom. The molecule has 1 heterocycles. The number of sulfone groups is 1. The topological polar surface area (TPSA) is 76.1 Å². The summed E-state index contributed by atoms with van der Waals surface area (Å²) in [7, 11) is -3.40. The van der Waals surface area contributed by atoms with Crippen LogP contribution in [0.5, 0.6) is 0 Å². The van der Waals surface area contributed by atoms with Gasteiger partial charge in [-0.05, 0) is 42.8 Å². The summed E-state index contributed by atoms with van der Waals surface area (Å²) < 4.78 is 23.2. The number of nitrogens with zero attached hydrogens (tertiary/aromatic N) is 1. The maximum atomic E-state index is 12.3. The van der Waals surface area contributed by atoms with Crippen LogP contribution in [0.4, 0.5) is 0 Å². The number of hydrogen-bond donors (Lipinski definition) is 1. The standard InChI is InChI=1S/C15H15ClN2O3S/c1-10(11-5-7-17-8-6-11)18-15(19)13-9-12(22(2,20)21)3-4-14(13)16/h3-10H,1-2H3,(H,18,19). The van der Waals surface area contributed by atoms with Crippen LogP contribution >= 0.6 is 11.6 Å². The van der Waals surface area contributed by atoms with Gasteiger partial charge in [0.25, 0.3) is 5.91 Å². The fourth-order valence-electron chi connectivity index (χ4n) is 1.92. The molecule has 116 valence electrons. The van der Waals surface area contributed by atoms with Crippen molar-refractivity contribution in [2.75, 3.05) is 6.26 Å². The zero-order chi connectivity index (χ0) is 16.3. The number of rotatable bonds is 4. The average molecular weight is 339 g/mol. The second-order valence-corrected chi connectivity index (χ2v) is 7.31. The van der Waals surface area contributed by atoms with E-state index in [-0.39, 0.29) is 21.5 Å². The molecular weight excluding hydrogens is 324 g/mol. The van der Waals surface area contributed by atoms with Crippen molar-refractivity contribution in [3.05, 3.63) is 58.9 Å². The lowest BCUT2D eigenvalue weighted by Crippen LogP contribution is -2.27. The third kappa shape index (κ3) is 3.84. The Bertz CT molecular complexity index is 792. The molecule has 0 saturated carbocycles. The first-order chi connectivity index (χ1) is 10.3. The summed E-state index contributed by atoms with van der Waals surface area (Å²) in [6, 6.07) is 7.39. The van der Waals surface area contributed by atoms with E-state index in [2.05, 4.69) is 10.3 Å². The van der Waals surface area contributed by atoms with E-state index in [1.54, 1.807) is 24.5 Å². The quantitative estimate of drug-likeness (QED) is 0.929. The molecule has 1 aromatic carbocycles. The van der Waals surface area contributed by atoms with Crippen molar-refractivity contribution in [2.24, 2.45) is 0 Å². The second-order valence-electron chi connectivity index (χ2n) is 4.89. The van der Waals surface area contributed by atoms with Gasteiger partial charge in [-0.15, -0.1) is 0 Å². The van der Waals surface area contributed by atoms with Crippen molar-refractivity contribution in [1.82, 2.24) is 10.3 Å². The van der Waals surface area contributed by atoms with Crippen LogP contribution in [-0.4, -0.2) is 25.6 Å². The van der Waals surface area contributed by atoms with Gasteiger partial charge < -0.3 is 5.32 Å². The molecule has 0 saturated heterocycles. The molecule has 0 fully saturated rings. The van der Waals surface area contributed by atoms with Gasteiger partial charge >= 0.3 is 0 Å². The third-order valence-corrected chi connectivity index (χ3v) is 4.60. The lowest BCUT2D eigenvalue weighted by molar-refractivity contribution is 0.0940. The molecule has 22 heavy (non-hydrogen) atoms. The number of carbonyl (C=O) groups excluding carboxylic acids is 1. The number of pyridine rings is 1. The highest BCUT2D eigenvalue weighted by Crippen LogP contribution is 2.21. The molecule has 2 aromatic rings. The fourth-order valence-corrected chi connectivity index (χ4v) is 2.77. The molecule has 1 N–H and O–H groups in total. The van der Waals surface area contributed by atoms with Crippen molar-refractivity contribution in [1.29, 1.82) is 0 Å². The third-order valence-electron chi connectivity index (χ3n) is 3.16. The molecule has 7 heteroatoms. The van der Waals surface area contributed by atoms with E-state index in [9.17, 15) is 13.2 Å². The molecular formula is C15H15ClN2O3S. The fraction of sp³-hybridized carbons (Fsp3) is 0.200. The summed E-state index contributed by atoms with van der Waals surface area (Å²) in [6.45, 7) is 1.82. The van der Waals surface area contributed by atoms with E-state index in [4.69, 9.17) is 11.6 Å². The van der Waals surface area contributed by atoms with Crippen LogP contribution in [0.2, 0.25) is 5.02 Å². The maximum absolute atomic E-state index is 12.3. The largest absolute Gasteiger partial charge is 0.345 e. The summed E-state index contributed by atoms with van der Waals surface area (Å²) >= 11 is 6.00. The minimum absolute atomic E-state index is 0.0543. The summed E-state index contributed by atoms with van der Waals surface area (Å²) in [4.78, 5) is 16.3. The molecule has 1 unspecified atom stereocenters. The van der Waals surface area contributed by atoms with Gasteiger partial charge in [0.05, 0.1) is 21.5 Å². The first kappa shape index (κ1) is 16.5. The minimum atomic E-state index is -3.40. The van der Waals surface area contributed by atoms with Crippen LogP contribution in [0.1, 0.15) is 28.9 Å².